The van der Waals surface area contributed by atoms with Gasteiger partial charge in [-0.1, -0.05) is 6.42 Å². The van der Waals surface area contributed by atoms with Crippen molar-refractivity contribution >= 4 is 10.2 Å². The van der Waals surface area contributed by atoms with Gasteiger partial charge in [-0.2, -0.15) is 12.7 Å². The van der Waals surface area contributed by atoms with Gasteiger partial charge in [-0.25, -0.2) is 4.72 Å². The van der Waals surface area contributed by atoms with Crippen molar-refractivity contribution in [3.63, 3.8) is 0 Å². The normalized spacial score (nSPS) is 21.5. The molecule has 15 heavy (non-hydrogen) atoms. The monoisotopic (exact) mass is 235 g/mol. The van der Waals surface area contributed by atoms with Crippen LogP contribution in [0.3, 0.4) is 0 Å². The van der Waals surface area contributed by atoms with Gasteiger partial charge in [0.2, 0.25) is 0 Å². The first-order valence-corrected chi connectivity index (χ1v) is 6.97. The third kappa shape index (κ3) is 4.46. The van der Waals surface area contributed by atoms with Gasteiger partial charge >= 0.3 is 0 Å². The third-order valence-electron chi connectivity index (χ3n) is 2.54. The van der Waals surface area contributed by atoms with E-state index >= 15 is 0 Å². The molecular weight excluding hydrogens is 214 g/mol. The van der Waals surface area contributed by atoms with Gasteiger partial charge in [0.05, 0.1) is 0 Å². The zero-order valence-corrected chi connectivity index (χ0v) is 10.1. The summed E-state index contributed by atoms with van der Waals surface area (Å²) in [7, 11) is -3.25. The van der Waals surface area contributed by atoms with E-state index < -0.39 is 10.2 Å². The lowest BCUT2D eigenvalue weighted by Gasteiger charge is -2.26. The second-order valence-electron chi connectivity index (χ2n) is 4.13. The van der Waals surface area contributed by atoms with Gasteiger partial charge in [-0.05, 0) is 26.2 Å². The van der Waals surface area contributed by atoms with Gasteiger partial charge in [-0.15, -0.1) is 0 Å². The fourth-order valence-corrected chi connectivity index (χ4v) is 2.91. The zero-order valence-electron chi connectivity index (χ0n) is 9.28. The van der Waals surface area contributed by atoms with E-state index in [2.05, 4.69) is 4.72 Å². The van der Waals surface area contributed by atoms with Gasteiger partial charge in [-0.3, -0.25) is 0 Å². The molecule has 0 bridgehead atoms. The summed E-state index contributed by atoms with van der Waals surface area (Å²) >= 11 is 0. The van der Waals surface area contributed by atoms with Crippen LogP contribution in [0.2, 0.25) is 0 Å². The summed E-state index contributed by atoms with van der Waals surface area (Å²) in [6.45, 7) is 3.59. The molecule has 1 unspecified atom stereocenters. The zero-order chi connectivity index (χ0) is 11.3. The summed E-state index contributed by atoms with van der Waals surface area (Å²) in [6, 6.07) is 0.0362. The Labute approximate surface area is 92.2 Å². The van der Waals surface area contributed by atoms with Gasteiger partial charge in [0.1, 0.15) is 0 Å². The Morgan fingerprint density at radius 3 is 2.47 bits per heavy atom. The third-order valence-corrected chi connectivity index (χ3v) is 4.15. The highest BCUT2D eigenvalue weighted by molar-refractivity contribution is 7.87. The van der Waals surface area contributed by atoms with Gasteiger partial charge in [0, 0.05) is 25.7 Å². The predicted molar refractivity (Wildman–Crippen MR) is 60.6 cm³/mol. The SMILES string of the molecule is CC(N)CCNS(=O)(=O)N1CCCCC1. The molecule has 1 rings (SSSR count). The summed E-state index contributed by atoms with van der Waals surface area (Å²) in [6.07, 6.45) is 3.74. The lowest BCUT2D eigenvalue weighted by molar-refractivity contribution is 0.341. The first kappa shape index (κ1) is 12.9. The average molecular weight is 235 g/mol. The molecule has 1 heterocycles. The van der Waals surface area contributed by atoms with E-state index in [9.17, 15) is 8.42 Å². The molecule has 6 heteroatoms. The second kappa shape index (κ2) is 5.79. The summed E-state index contributed by atoms with van der Waals surface area (Å²) in [5.41, 5.74) is 5.55. The van der Waals surface area contributed by atoms with Crippen molar-refractivity contribution in [1.29, 1.82) is 0 Å². The molecule has 0 aromatic rings. The molecule has 0 spiro atoms. The molecule has 90 valence electrons. The minimum Gasteiger partial charge on any atom is -0.328 e. The number of nitrogens with two attached hydrogens (primary N) is 1. The maximum Gasteiger partial charge on any atom is 0.279 e. The topological polar surface area (TPSA) is 75.4 Å². The van der Waals surface area contributed by atoms with Crippen LogP contribution in [0.15, 0.2) is 0 Å². The predicted octanol–water partition coefficient (Wildman–Crippen LogP) is 0.0440. The molecule has 0 aromatic heterocycles. The highest BCUT2D eigenvalue weighted by atomic mass is 32.2. The Balaban J connectivity index is 2.36. The Morgan fingerprint density at radius 1 is 1.33 bits per heavy atom. The van der Waals surface area contributed by atoms with E-state index in [1.54, 1.807) is 0 Å². The summed E-state index contributed by atoms with van der Waals surface area (Å²) in [4.78, 5) is 0. The first-order chi connectivity index (χ1) is 7.02. The molecule has 5 nitrogen and oxygen atoms in total. The highest BCUT2D eigenvalue weighted by Gasteiger charge is 2.22. The van der Waals surface area contributed by atoms with Crippen molar-refractivity contribution in [1.82, 2.24) is 9.03 Å². The van der Waals surface area contributed by atoms with E-state index in [1.807, 2.05) is 6.92 Å². The molecule has 1 atom stereocenters. The number of hydrogen-bond donors (Lipinski definition) is 2. The highest BCUT2D eigenvalue weighted by Crippen LogP contribution is 2.11. The molecule has 1 saturated heterocycles. The number of piperidine rings is 1. The number of hydrogen-bond acceptors (Lipinski definition) is 3. The van der Waals surface area contributed by atoms with Crippen LogP contribution in [-0.2, 0) is 10.2 Å². The van der Waals surface area contributed by atoms with Crippen molar-refractivity contribution in [3.8, 4) is 0 Å². The molecule has 0 amide bonds. The molecule has 0 aliphatic carbocycles. The van der Waals surface area contributed by atoms with Crippen molar-refractivity contribution in [2.75, 3.05) is 19.6 Å². The molecule has 0 aromatic carbocycles. The number of rotatable bonds is 5. The van der Waals surface area contributed by atoms with Crippen LogP contribution < -0.4 is 10.5 Å². The van der Waals surface area contributed by atoms with Crippen LogP contribution in [0.5, 0.6) is 0 Å². The standard InChI is InChI=1S/C9H21N3O2S/c1-9(10)5-6-11-15(13,14)12-7-3-2-4-8-12/h9,11H,2-8,10H2,1H3. The Kier molecular flexibility index (Phi) is 4.98. The summed E-state index contributed by atoms with van der Waals surface area (Å²) < 4.78 is 27.6. The van der Waals surface area contributed by atoms with E-state index in [0.29, 0.717) is 26.1 Å². The van der Waals surface area contributed by atoms with Crippen LogP contribution in [0.4, 0.5) is 0 Å². The van der Waals surface area contributed by atoms with Gasteiger partial charge in [0.25, 0.3) is 10.2 Å². The van der Waals surface area contributed by atoms with Gasteiger partial charge in [0.15, 0.2) is 0 Å². The minimum absolute atomic E-state index is 0.0362. The Hall–Kier alpha value is -0.170. The Morgan fingerprint density at radius 2 is 1.93 bits per heavy atom. The average Bonchev–Trinajstić information content (AvgIpc) is 2.18. The van der Waals surface area contributed by atoms with Crippen molar-refractivity contribution in [2.45, 2.75) is 38.6 Å². The van der Waals surface area contributed by atoms with Crippen molar-refractivity contribution in [2.24, 2.45) is 5.73 Å². The maximum atomic E-state index is 11.7. The van der Waals surface area contributed by atoms with E-state index in [1.165, 1.54) is 4.31 Å². The number of nitrogens with one attached hydrogen (secondary N) is 1. The summed E-state index contributed by atoms with van der Waals surface area (Å²) in [5, 5.41) is 0. The van der Waals surface area contributed by atoms with E-state index in [-0.39, 0.29) is 6.04 Å². The molecule has 1 aliphatic rings. The number of nitrogens with zero attached hydrogens (tertiary/aromatic N) is 1. The van der Waals surface area contributed by atoms with Crippen LogP contribution in [-0.4, -0.2) is 38.4 Å². The van der Waals surface area contributed by atoms with Crippen LogP contribution in [0, 0.1) is 0 Å². The van der Waals surface area contributed by atoms with Crippen LogP contribution >= 0.6 is 0 Å². The molecule has 3 N–H and O–H groups in total. The first-order valence-electron chi connectivity index (χ1n) is 5.52. The second-order valence-corrected chi connectivity index (χ2v) is 5.88. The van der Waals surface area contributed by atoms with Crippen LogP contribution in [0.25, 0.3) is 0 Å². The minimum atomic E-state index is -3.25. The lowest BCUT2D eigenvalue weighted by atomic mass is 10.2. The van der Waals surface area contributed by atoms with Crippen molar-refractivity contribution in [3.05, 3.63) is 0 Å². The molecule has 0 radical (unpaired) electrons. The molecule has 1 fully saturated rings. The van der Waals surface area contributed by atoms with Crippen LogP contribution in [0.1, 0.15) is 32.6 Å². The molecular formula is C9H21N3O2S. The lowest BCUT2D eigenvalue weighted by Crippen LogP contribution is -2.44. The van der Waals surface area contributed by atoms with E-state index in [4.69, 9.17) is 5.73 Å². The fraction of sp³-hybridized carbons (Fsp3) is 1.00. The van der Waals surface area contributed by atoms with Gasteiger partial charge < -0.3 is 5.73 Å². The summed E-state index contributed by atoms with van der Waals surface area (Å²) in [5.74, 6) is 0. The smallest absolute Gasteiger partial charge is 0.279 e. The quantitative estimate of drug-likeness (QED) is 0.706. The molecule has 1 aliphatic heterocycles. The maximum absolute atomic E-state index is 11.7. The van der Waals surface area contributed by atoms with E-state index in [0.717, 1.165) is 19.3 Å². The molecule has 0 saturated carbocycles. The largest absolute Gasteiger partial charge is 0.328 e. The van der Waals surface area contributed by atoms with Crippen molar-refractivity contribution < 1.29 is 8.42 Å². The Bertz CT molecular complexity index is 271. The fourth-order valence-electron chi connectivity index (χ4n) is 1.61.